The predicted octanol–water partition coefficient (Wildman–Crippen LogP) is 1.94. The molecule has 1 atom stereocenters. The van der Waals surface area contributed by atoms with Gasteiger partial charge >= 0.3 is 0 Å². The van der Waals surface area contributed by atoms with E-state index in [4.69, 9.17) is 0 Å². The van der Waals surface area contributed by atoms with Crippen LogP contribution in [-0.2, 0) is 13.6 Å². The van der Waals surface area contributed by atoms with Crippen molar-refractivity contribution in [1.29, 1.82) is 0 Å². The molecule has 1 aromatic heterocycles. The Kier molecular flexibility index (Phi) is 4.99. The first kappa shape index (κ1) is 14.5. The topological polar surface area (TPSA) is 33.1 Å². The Labute approximate surface area is 117 Å². The Bertz CT molecular complexity index is 391. The number of nitrogens with zero attached hydrogens (tertiary/aromatic N) is 3. The highest BCUT2D eigenvalue weighted by Gasteiger charge is 2.22. The lowest BCUT2D eigenvalue weighted by Gasteiger charge is -2.34. The Morgan fingerprint density at radius 2 is 2.11 bits per heavy atom. The molecule has 1 fully saturated rings. The quantitative estimate of drug-likeness (QED) is 0.882. The predicted molar refractivity (Wildman–Crippen MR) is 79.1 cm³/mol. The molecule has 1 aliphatic rings. The molecule has 0 aliphatic carbocycles. The maximum absolute atomic E-state index is 4.39. The minimum atomic E-state index is 0.596. The summed E-state index contributed by atoms with van der Waals surface area (Å²) in [6.45, 7) is 11.3. The van der Waals surface area contributed by atoms with Gasteiger partial charge < -0.3 is 10.2 Å². The molecular formula is C15H28N4. The van der Waals surface area contributed by atoms with E-state index in [2.05, 4.69) is 42.3 Å². The van der Waals surface area contributed by atoms with Crippen molar-refractivity contribution in [3.8, 4) is 0 Å². The third-order valence-corrected chi connectivity index (χ3v) is 4.52. The van der Waals surface area contributed by atoms with Crippen LogP contribution in [0.4, 0.5) is 0 Å². The van der Waals surface area contributed by atoms with E-state index in [0.29, 0.717) is 6.04 Å². The first-order valence-electron chi connectivity index (χ1n) is 7.55. The summed E-state index contributed by atoms with van der Waals surface area (Å²) in [6, 6.07) is 0.596. The number of rotatable bonds is 5. The molecule has 0 saturated carbocycles. The number of aryl methyl sites for hydroxylation is 2. The monoisotopic (exact) mass is 264 g/mol. The minimum absolute atomic E-state index is 0.596. The van der Waals surface area contributed by atoms with Crippen LogP contribution in [-0.4, -0.2) is 40.4 Å². The molecule has 0 amide bonds. The zero-order valence-corrected chi connectivity index (χ0v) is 12.8. The molecule has 108 valence electrons. The number of hydrogen-bond acceptors (Lipinski definition) is 3. The minimum Gasteiger partial charge on any atom is -0.310 e. The third kappa shape index (κ3) is 3.80. The first-order valence-corrected chi connectivity index (χ1v) is 7.55. The van der Waals surface area contributed by atoms with Gasteiger partial charge in [0.1, 0.15) is 0 Å². The average molecular weight is 264 g/mol. The Morgan fingerprint density at radius 3 is 2.63 bits per heavy atom. The van der Waals surface area contributed by atoms with E-state index in [1.807, 2.05) is 11.7 Å². The van der Waals surface area contributed by atoms with Gasteiger partial charge in [0.2, 0.25) is 0 Å². The smallest absolute Gasteiger partial charge is 0.0638 e. The van der Waals surface area contributed by atoms with Gasteiger partial charge in [-0.15, -0.1) is 0 Å². The number of piperidine rings is 1. The molecule has 19 heavy (non-hydrogen) atoms. The summed E-state index contributed by atoms with van der Waals surface area (Å²) in [6.07, 6.45) is 4.77. The van der Waals surface area contributed by atoms with Crippen LogP contribution in [0.2, 0.25) is 0 Å². The van der Waals surface area contributed by atoms with Gasteiger partial charge in [0.05, 0.1) is 5.69 Å². The van der Waals surface area contributed by atoms with Crippen LogP contribution < -0.4 is 5.32 Å². The number of aromatic nitrogens is 2. The van der Waals surface area contributed by atoms with Crippen molar-refractivity contribution in [3.05, 3.63) is 17.5 Å². The maximum Gasteiger partial charge on any atom is 0.0638 e. The molecular weight excluding hydrogens is 236 g/mol. The van der Waals surface area contributed by atoms with Crippen LogP contribution in [0.5, 0.6) is 0 Å². The molecule has 2 rings (SSSR count). The van der Waals surface area contributed by atoms with Gasteiger partial charge in [0.25, 0.3) is 0 Å². The molecule has 1 unspecified atom stereocenters. The van der Waals surface area contributed by atoms with E-state index >= 15 is 0 Å². The summed E-state index contributed by atoms with van der Waals surface area (Å²) in [5, 5.41) is 8.08. The lowest BCUT2D eigenvalue weighted by Crippen LogP contribution is -2.41. The van der Waals surface area contributed by atoms with Crippen LogP contribution in [0.25, 0.3) is 0 Å². The van der Waals surface area contributed by atoms with E-state index in [0.717, 1.165) is 18.2 Å². The lowest BCUT2D eigenvalue weighted by molar-refractivity contribution is 0.168. The molecule has 1 N–H and O–H groups in total. The zero-order chi connectivity index (χ0) is 13.8. The molecule has 2 heterocycles. The van der Waals surface area contributed by atoms with E-state index in [1.54, 1.807) is 0 Å². The molecule has 0 spiro atoms. The fourth-order valence-electron chi connectivity index (χ4n) is 3.03. The molecule has 4 nitrogen and oxygen atoms in total. The van der Waals surface area contributed by atoms with E-state index in [1.165, 1.54) is 38.0 Å². The van der Waals surface area contributed by atoms with Crippen molar-refractivity contribution >= 4 is 0 Å². The van der Waals surface area contributed by atoms with Crippen LogP contribution in [0, 0.1) is 12.8 Å². The van der Waals surface area contributed by atoms with Crippen molar-refractivity contribution in [2.45, 2.75) is 46.2 Å². The van der Waals surface area contributed by atoms with E-state index in [-0.39, 0.29) is 0 Å². The second kappa shape index (κ2) is 6.53. The lowest BCUT2D eigenvalue weighted by atomic mass is 9.90. The van der Waals surface area contributed by atoms with Crippen molar-refractivity contribution in [3.63, 3.8) is 0 Å². The summed E-state index contributed by atoms with van der Waals surface area (Å²) >= 11 is 0. The highest BCUT2D eigenvalue weighted by atomic mass is 15.3. The number of nitrogens with one attached hydrogen (secondary N) is 1. The highest BCUT2D eigenvalue weighted by Crippen LogP contribution is 2.20. The first-order chi connectivity index (χ1) is 9.10. The largest absolute Gasteiger partial charge is 0.310 e. The van der Waals surface area contributed by atoms with Gasteiger partial charge in [-0.05, 0) is 52.2 Å². The second-order valence-corrected chi connectivity index (χ2v) is 5.85. The van der Waals surface area contributed by atoms with Crippen LogP contribution in [0.15, 0.2) is 6.20 Å². The van der Waals surface area contributed by atoms with Crippen LogP contribution in [0.3, 0.4) is 0 Å². The van der Waals surface area contributed by atoms with Crippen LogP contribution in [0.1, 0.15) is 37.9 Å². The molecule has 0 bridgehead atoms. The average Bonchev–Trinajstić information content (AvgIpc) is 2.74. The normalized spacial score (nSPS) is 19.8. The Hall–Kier alpha value is -0.870. The van der Waals surface area contributed by atoms with Crippen LogP contribution >= 0.6 is 0 Å². The summed E-state index contributed by atoms with van der Waals surface area (Å²) < 4.78 is 1.90. The summed E-state index contributed by atoms with van der Waals surface area (Å²) in [4.78, 5) is 2.55. The van der Waals surface area contributed by atoms with Crippen molar-refractivity contribution < 1.29 is 0 Å². The standard InChI is InChI=1S/C15H28N4/c1-5-19-8-6-14(7-9-19)12(2)16-10-15-11-18(4)17-13(15)3/h11-12,14,16H,5-10H2,1-4H3. The Morgan fingerprint density at radius 1 is 1.42 bits per heavy atom. The fraction of sp³-hybridized carbons (Fsp3) is 0.800. The van der Waals surface area contributed by atoms with Gasteiger partial charge in [0, 0.05) is 31.4 Å². The SMILES string of the molecule is CCN1CCC(C(C)NCc2cn(C)nc2C)CC1. The number of hydrogen-bond donors (Lipinski definition) is 1. The molecule has 4 heteroatoms. The highest BCUT2D eigenvalue weighted by molar-refractivity contribution is 5.14. The van der Waals surface area contributed by atoms with Gasteiger partial charge in [-0.3, -0.25) is 4.68 Å². The third-order valence-electron chi connectivity index (χ3n) is 4.52. The Balaban J connectivity index is 1.78. The van der Waals surface area contributed by atoms with Crippen molar-refractivity contribution in [2.75, 3.05) is 19.6 Å². The molecule has 0 aromatic carbocycles. The maximum atomic E-state index is 4.39. The zero-order valence-electron chi connectivity index (χ0n) is 12.8. The molecule has 1 saturated heterocycles. The van der Waals surface area contributed by atoms with Crippen molar-refractivity contribution in [2.24, 2.45) is 13.0 Å². The van der Waals surface area contributed by atoms with Gasteiger partial charge in [-0.1, -0.05) is 6.92 Å². The van der Waals surface area contributed by atoms with Gasteiger partial charge in [-0.2, -0.15) is 5.10 Å². The molecule has 0 radical (unpaired) electrons. The molecule has 1 aromatic rings. The van der Waals surface area contributed by atoms with E-state index in [9.17, 15) is 0 Å². The summed E-state index contributed by atoms with van der Waals surface area (Å²) in [5.41, 5.74) is 2.46. The number of likely N-dealkylation sites (tertiary alicyclic amines) is 1. The summed E-state index contributed by atoms with van der Waals surface area (Å²) in [5.74, 6) is 0.819. The van der Waals surface area contributed by atoms with E-state index < -0.39 is 0 Å². The van der Waals surface area contributed by atoms with Crippen molar-refractivity contribution in [1.82, 2.24) is 20.0 Å². The fourth-order valence-corrected chi connectivity index (χ4v) is 3.03. The molecule has 1 aliphatic heterocycles. The second-order valence-electron chi connectivity index (χ2n) is 5.85. The van der Waals surface area contributed by atoms with Gasteiger partial charge in [0.15, 0.2) is 0 Å². The summed E-state index contributed by atoms with van der Waals surface area (Å²) in [7, 11) is 1.99. The van der Waals surface area contributed by atoms with Gasteiger partial charge in [-0.25, -0.2) is 0 Å².